The first-order chi connectivity index (χ1) is 14.6. The van der Waals surface area contributed by atoms with Crippen LogP contribution >= 0.6 is 0 Å². The summed E-state index contributed by atoms with van der Waals surface area (Å²) in [6, 6.07) is 3.76. The number of halogens is 2. The Bertz CT molecular complexity index is 710. The van der Waals surface area contributed by atoms with E-state index in [0.717, 1.165) is 50.9 Å². The molecule has 0 saturated heterocycles. The highest BCUT2D eigenvalue weighted by atomic mass is 19.2. The van der Waals surface area contributed by atoms with Crippen LogP contribution < -0.4 is 0 Å². The predicted octanol–water partition coefficient (Wildman–Crippen LogP) is 9.22. The lowest BCUT2D eigenvalue weighted by Gasteiger charge is -2.29. The van der Waals surface area contributed by atoms with E-state index in [1.165, 1.54) is 32.1 Å². The highest BCUT2D eigenvalue weighted by Crippen LogP contribution is 2.41. The van der Waals surface area contributed by atoms with E-state index in [-0.39, 0.29) is 11.8 Å². The van der Waals surface area contributed by atoms with E-state index in [2.05, 4.69) is 38.2 Å². The van der Waals surface area contributed by atoms with Crippen molar-refractivity contribution in [1.29, 1.82) is 0 Å². The maximum absolute atomic E-state index is 15.0. The summed E-state index contributed by atoms with van der Waals surface area (Å²) < 4.78 is 30.0. The van der Waals surface area contributed by atoms with Crippen LogP contribution in [-0.2, 0) is 0 Å². The van der Waals surface area contributed by atoms with Crippen molar-refractivity contribution in [2.45, 2.75) is 103 Å². The molecule has 0 amide bonds. The number of hydrogen-bond donors (Lipinski definition) is 0. The Hall–Kier alpha value is -1.44. The molecule has 0 aromatic heterocycles. The molecule has 0 spiro atoms. The average Bonchev–Trinajstić information content (AvgIpc) is 2.77. The van der Waals surface area contributed by atoms with Crippen LogP contribution in [0, 0.1) is 23.5 Å². The molecule has 1 fully saturated rings. The summed E-state index contributed by atoms with van der Waals surface area (Å²) in [5, 5.41) is 0. The molecule has 0 bridgehead atoms. The second kappa shape index (κ2) is 11.8. The SMILES string of the molecule is C/C=C/CCC1CCC(c2ccc(C3C=CC(CCCCC)CC3)c(F)c2F)CC1. The second-order valence-electron chi connectivity index (χ2n) is 9.56. The molecule has 166 valence electrons. The molecule has 1 saturated carbocycles. The lowest BCUT2D eigenvalue weighted by atomic mass is 9.76. The normalized spacial score (nSPS) is 27.1. The van der Waals surface area contributed by atoms with Crippen molar-refractivity contribution in [3.8, 4) is 0 Å². The number of hydrogen-bond acceptors (Lipinski definition) is 0. The standard InChI is InChI=1S/C28H40F2/c1-3-5-7-9-21-11-15-23(16-12-21)25-19-20-26(28(30)27(25)29)24-17-13-22(14-18-24)10-8-6-4-2/h3,5,13,17,19-24H,4,6-12,14-16,18H2,1-2H3/b5-3+. The fraction of sp³-hybridized carbons (Fsp3) is 0.643. The maximum Gasteiger partial charge on any atom is 0.162 e. The monoisotopic (exact) mass is 414 g/mol. The summed E-state index contributed by atoms with van der Waals surface area (Å²) in [7, 11) is 0. The highest BCUT2D eigenvalue weighted by molar-refractivity contribution is 5.34. The number of allylic oxidation sites excluding steroid dienone is 4. The average molecular weight is 415 g/mol. The number of unbranched alkanes of at least 4 members (excludes halogenated alkanes) is 2. The Labute approximate surface area is 182 Å². The van der Waals surface area contributed by atoms with E-state index in [1.54, 1.807) is 0 Å². The summed E-state index contributed by atoms with van der Waals surface area (Å²) in [5.74, 6) is 0.380. The molecule has 2 atom stereocenters. The first kappa shape index (κ1) is 23.2. The van der Waals surface area contributed by atoms with E-state index in [0.29, 0.717) is 17.0 Å². The fourth-order valence-corrected chi connectivity index (χ4v) is 5.48. The largest absolute Gasteiger partial charge is 0.203 e. The van der Waals surface area contributed by atoms with Gasteiger partial charge in [-0.05, 0) is 93.6 Å². The van der Waals surface area contributed by atoms with Crippen molar-refractivity contribution >= 4 is 0 Å². The second-order valence-corrected chi connectivity index (χ2v) is 9.56. The lowest BCUT2D eigenvalue weighted by Crippen LogP contribution is -2.16. The third kappa shape index (κ3) is 6.05. The van der Waals surface area contributed by atoms with Gasteiger partial charge in [-0.2, -0.15) is 0 Å². The van der Waals surface area contributed by atoms with Crippen molar-refractivity contribution in [3.63, 3.8) is 0 Å². The van der Waals surface area contributed by atoms with Crippen molar-refractivity contribution in [3.05, 3.63) is 59.2 Å². The molecule has 0 nitrogen and oxygen atoms in total. The number of rotatable bonds is 9. The Morgan fingerprint density at radius 3 is 2.27 bits per heavy atom. The van der Waals surface area contributed by atoms with Crippen LogP contribution in [0.4, 0.5) is 8.78 Å². The molecule has 2 unspecified atom stereocenters. The molecular weight excluding hydrogens is 374 g/mol. The molecule has 0 radical (unpaired) electrons. The van der Waals surface area contributed by atoms with Crippen LogP contribution in [0.5, 0.6) is 0 Å². The van der Waals surface area contributed by atoms with Crippen molar-refractivity contribution in [2.75, 3.05) is 0 Å². The van der Waals surface area contributed by atoms with Gasteiger partial charge in [0.05, 0.1) is 0 Å². The molecule has 0 N–H and O–H groups in total. The van der Waals surface area contributed by atoms with Crippen molar-refractivity contribution < 1.29 is 8.78 Å². The molecule has 2 aliphatic carbocycles. The number of benzene rings is 1. The predicted molar refractivity (Wildman–Crippen MR) is 124 cm³/mol. The van der Waals surface area contributed by atoms with Crippen LogP contribution in [0.1, 0.15) is 114 Å². The topological polar surface area (TPSA) is 0 Å². The van der Waals surface area contributed by atoms with Crippen LogP contribution in [0.2, 0.25) is 0 Å². The lowest BCUT2D eigenvalue weighted by molar-refractivity contribution is 0.306. The zero-order valence-electron chi connectivity index (χ0n) is 19.0. The summed E-state index contributed by atoms with van der Waals surface area (Å²) in [4.78, 5) is 0. The summed E-state index contributed by atoms with van der Waals surface area (Å²) in [6.07, 6.45) is 22.4. The van der Waals surface area contributed by atoms with Crippen LogP contribution in [0.25, 0.3) is 0 Å². The first-order valence-corrected chi connectivity index (χ1v) is 12.4. The minimum Gasteiger partial charge on any atom is -0.203 e. The van der Waals surface area contributed by atoms with E-state index >= 15 is 8.78 Å². The zero-order valence-corrected chi connectivity index (χ0v) is 19.0. The molecule has 1 aromatic rings. The zero-order chi connectivity index (χ0) is 21.3. The van der Waals surface area contributed by atoms with Gasteiger partial charge < -0.3 is 0 Å². The van der Waals surface area contributed by atoms with E-state index in [4.69, 9.17) is 0 Å². The molecule has 1 aromatic carbocycles. The van der Waals surface area contributed by atoms with E-state index < -0.39 is 11.6 Å². The Kier molecular flexibility index (Phi) is 9.15. The van der Waals surface area contributed by atoms with Gasteiger partial charge in [0.15, 0.2) is 11.6 Å². The Morgan fingerprint density at radius 1 is 0.867 bits per heavy atom. The van der Waals surface area contributed by atoms with Gasteiger partial charge >= 0.3 is 0 Å². The molecule has 2 aliphatic rings. The molecule has 3 rings (SSSR count). The van der Waals surface area contributed by atoms with Gasteiger partial charge in [-0.25, -0.2) is 8.78 Å². The van der Waals surface area contributed by atoms with E-state index in [9.17, 15) is 0 Å². The smallest absolute Gasteiger partial charge is 0.162 e. The summed E-state index contributed by atoms with van der Waals surface area (Å²) in [5.41, 5.74) is 1.17. The van der Waals surface area contributed by atoms with Crippen LogP contribution in [0.15, 0.2) is 36.4 Å². The Morgan fingerprint density at radius 2 is 1.60 bits per heavy atom. The van der Waals surface area contributed by atoms with Gasteiger partial charge in [-0.1, -0.05) is 62.6 Å². The molecule has 0 heterocycles. The van der Waals surface area contributed by atoms with Gasteiger partial charge in [0.1, 0.15) is 0 Å². The third-order valence-corrected chi connectivity index (χ3v) is 7.45. The molecular formula is C28H40F2. The molecule has 0 aliphatic heterocycles. The Balaban J connectivity index is 1.59. The van der Waals surface area contributed by atoms with Gasteiger partial charge in [0.25, 0.3) is 0 Å². The van der Waals surface area contributed by atoms with Gasteiger partial charge in [-0.3, -0.25) is 0 Å². The maximum atomic E-state index is 15.0. The summed E-state index contributed by atoms with van der Waals surface area (Å²) >= 11 is 0. The van der Waals surface area contributed by atoms with Gasteiger partial charge in [0.2, 0.25) is 0 Å². The van der Waals surface area contributed by atoms with Gasteiger partial charge in [0, 0.05) is 5.92 Å². The highest BCUT2D eigenvalue weighted by Gasteiger charge is 2.28. The minimum absolute atomic E-state index is 0.0262. The van der Waals surface area contributed by atoms with Crippen LogP contribution in [-0.4, -0.2) is 0 Å². The quantitative estimate of drug-likeness (QED) is 0.279. The van der Waals surface area contributed by atoms with Gasteiger partial charge in [-0.15, -0.1) is 0 Å². The summed E-state index contributed by atoms with van der Waals surface area (Å²) in [6.45, 7) is 4.29. The third-order valence-electron chi connectivity index (χ3n) is 7.45. The van der Waals surface area contributed by atoms with Crippen molar-refractivity contribution in [2.24, 2.45) is 11.8 Å². The fourth-order valence-electron chi connectivity index (χ4n) is 5.48. The first-order valence-electron chi connectivity index (χ1n) is 12.4. The van der Waals surface area contributed by atoms with E-state index in [1.807, 2.05) is 12.1 Å². The minimum atomic E-state index is -0.596. The van der Waals surface area contributed by atoms with Crippen molar-refractivity contribution in [1.82, 2.24) is 0 Å². The molecule has 30 heavy (non-hydrogen) atoms. The molecule has 2 heteroatoms. The van der Waals surface area contributed by atoms with Crippen LogP contribution in [0.3, 0.4) is 0 Å².